The standard InChI is InChI=1S/C25H34N4O3/c1-15(30)26-21-2-4-22(5-3-21)27-25(32)29-8-6-18(7-9-29)24(31)28-23-19-11-16-10-17(13-19)14-20(23)12-16/h2-5,16-20,23H,6-14H2,1H3,(H,26,30)(H,27,32)(H,28,31). The third-order valence-electron chi connectivity index (χ3n) is 8.15. The molecule has 4 saturated carbocycles. The number of carbonyl (C=O) groups excluding carboxylic acids is 3. The van der Waals surface area contributed by atoms with Crippen LogP contribution in [0.3, 0.4) is 0 Å². The number of anilines is 2. The molecule has 7 heteroatoms. The Labute approximate surface area is 189 Å². The van der Waals surface area contributed by atoms with Gasteiger partial charge in [-0.05, 0) is 92.9 Å². The largest absolute Gasteiger partial charge is 0.353 e. The fourth-order valence-electron chi connectivity index (χ4n) is 6.83. The zero-order chi connectivity index (χ0) is 22.2. The van der Waals surface area contributed by atoms with Crippen molar-refractivity contribution in [1.82, 2.24) is 10.2 Å². The third kappa shape index (κ3) is 4.48. The molecule has 172 valence electrons. The predicted octanol–water partition coefficient (Wildman–Crippen LogP) is 3.83. The molecule has 5 aliphatic rings. The molecule has 3 N–H and O–H groups in total. The number of piperidine rings is 1. The first-order valence-corrected chi connectivity index (χ1v) is 12.2. The maximum absolute atomic E-state index is 13.0. The third-order valence-corrected chi connectivity index (χ3v) is 8.15. The summed E-state index contributed by atoms with van der Waals surface area (Å²) in [7, 11) is 0. The molecule has 4 aliphatic carbocycles. The van der Waals surface area contributed by atoms with Crippen molar-refractivity contribution in [2.45, 2.75) is 57.9 Å². The van der Waals surface area contributed by atoms with Crippen molar-refractivity contribution in [2.24, 2.45) is 29.6 Å². The van der Waals surface area contributed by atoms with E-state index in [1.807, 2.05) is 0 Å². The van der Waals surface area contributed by atoms with Crippen LogP contribution in [0.1, 0.15) is 51.9 Å². The topological polar surface area (TPSA) is 90.5 Å². The highest BCUT2D eigenvalue weighted by Crippen LogP contribution is 2.53. The van der Waals surface area contributed by atoms with E-state index in [0.717, 1.165) is 11.8 Å². The van der Waals surface area contributed by atoms with Crippen LogP contribution in [0.5, 0.6) is 0 Å². The van der Waals surface area contributed by atoms with Gasteiger partial charge in [0.25, 0.3) is 0 Å². The number of benzene rings is 1. The quantitative estimate of drug-likeness (QED) is 0.667. The molecule has 1 aromatic rings. The Kier molecular flexibility index (Phi) is 5.82. The summed E-state index contributed by atoms with van der Waals surface area (Å²) in [5.41, 5.74) is 1.38. The van der Waals surface area contributed by atoms with E-state index in [1.165, 1.54) is 39.0 Å². The van der Waals surface area contributed by atoms with Crippen molar-refractivity contribution in [2.75, 3.05) is 23.7 Å². The van der Waals surface area contributed by atoms with E-state index in [2.05, 4.69) is 16.0 Å². The number of amides is 4. The van der Waals surface area contributed by atoms with E-state index in [9.17, 15) is 14.4 Å². The van der Waals surface area contributed by atoms with Crippen LogP contribution < -0.4 is 16.0 Å². The number of rotatable bonds is 4. The SMILES string of the molecule is CC(=O)Nc1ccc(NC(=O)N2CCC(C(=O)NC3C4CC5CC(C4)CC3C5)CC2)cc1. The molecule has 1 heterocycles. The first-order valence-electron chi connectivity index (χ1n) is 12.2. The fourth-order valence-corrected chi connectivity index (χ4v) is 6.83. The Morgan fingerprint density at radius 2 is 1.34 bits per heavy atom. The molecule has 1 saturated heterocycles. The van der Waals surface area contributed by atoms with Gasteiger partial charge in [0.2, 0.25) is 11.8 Å². The second-order valence-electron chi connectivity index (χ2n) is 10.4. The Morgan fingerprint density at radius 3 is 1.88 bits per heavy atom. The normalized spacial score (nSPS) is 31.3. The lowest BCUT2D eigenvalue weighted by atomic mass is 9.54. The van der Waals surface area contributed by atoms with Crippen LogP contribution in [0.4, 0.5) is 16.2 Å². The highest BCUT2D eigenvalue weighted by molar-refractivity contribution is 5.91. The molecule has 0 unspecified atom stereocenters. The van der Waals surface area contributed by atoms with E-state index in [0.29, 0.717) is 55.2 Å². The number of carbonyl (C=O) groups is 3. The van der Waals surface area contributed by atoms with Crippen molar-refractivity contribution in [3.05, 3.63) is 24.3 Å². The Balaban J connectivity index is 1.09. The van der Waals surface area contributed by atoms with E-state index in [1.54, 1.807) is 29.2 Å². The number of nitrogens with zero attached hydrogens (tertiary/aromatic N) is 1. The molecular weight excluding hydrogens is 404 g/mol. The van der Waals surface area contributed by atoms with Crippen molar-refractivity contribution < 1.29 is 14.4 Å². The summed E-state index contributed by atoms with van der Waals surface area (Å²) in [6, 6.07) is 7.31. The van der Waals surface area contributed by atoms with Crippen LogP contribution >= 0.6 is 0 Å². The average molecular weight is 439 g/mol. The molecule has 0 spiro atoms. The summed E-state index contributed by atoms with van der Waals surface area (Å²) < 4.78 is 0. The van der Waals surface area contributed by atoms with Gasteiger partial charge in [-0.3, -0.25) is 9.59 Å². The van der Waals surface area contributed by atoms with Gasteiger partial charge in [0.05, 0.1) is 0 Å². The molecule has 1 aromatic carbocycles. The van der Waals surface area contributed by atoms with Crippen LogP contribution in [0.15, 0.2) is 24.3 Å². The highest BCUT2D eigenvalue weighted by atomic mass is 16.2. The van der Waals surface area contributed by atoms with E-state index in [4.69, 9.17) is 0 Å². The van der Waals surface area contributed by atoms with Crippen LogP contribution in [-0.4, -0.2) is 41.9 Å². The van der Waals surface area contributed by atoms with E-state index >= 15 is 0 Å². The summed E-state index contributed by atoms with van der Waals surface area (Å²) in [6.45, 7) is 2.65. The van der Waals surface area contributed by atoms with Crippen molar-refractivity contribution in [3.8, 4) is 0 Å². The predicted molar refractivity (Wildman–Crippen MR) is 123 cm³/mol. The van der Waals surface area contributed by atoms with Gasteiger partial charge >= 0.3 is 6.03 Å². The summed E-state index contributed by atoms with van der Waals surface area (Å²) in [6.07, 6.45) is 8.09. The number of hydrogen-bond donors (Lipinski definition) is 3. The zero-order valence-corrected chi connectivity index (χ0v) is 18.8. The highest BCUT2D eigenvalue weighted by Gasteiger charge is 2.49. The number of hydrogen-bond acceptors (Lipinski definition) is 3. The maximum Gasteiger partial charge on any atom is 0.321 e. The summed E-state index contributed by atoms with van der Waals surface area (Å²) in [5.74, 6) is 3.29. The van der Waals surface area contributed by atoms with E-state index < -0.39 is 0 Å². The molecule has 0 atom stereocenters. The molecule has 5 fully saturated rings. The van der Waals surface area contributed by atoms with Gasteiger partial charge in [0.15, 0.2) is 0 Å². The first kappa shape index (κ1) is 21.3. The van der Waals surface area contributed by atoms with Crippen molar-refractivity contribution in [1.29, 1.82) is 0 Å². The maximum atomic E-state index is 13.0. The second-order valence-corrected chi connectivity index (χ2v) is 10.4. The van der Waals surface area contributed by atoms with Gasteiger partial charge in [-0.1, -0.05) is 0 Å². The number of nitrogens with one attached hydrogen (secondary N) is 3. The molecule has 6 rings (SSSR count). The monoisotopic (exact) mass is 438 g/mol. The van der Waals surface area contributed by atoms with Crippen molar-refractivity contribution in [3.63, 3.8) is 0 Å². The van der Waals surface area contributed by atoms with Crippen molar-refractivity contribution >= 4 is 29.2 Å². The van der Waals surface area contributed by atoms with Gasteiger partial charge in [-0.25, -0.2) is 4.79 Å². The molecule has 1 aliphatic heterocycles. The lowest BCUT2D eigenvalue weighted by molar-refractivity contribution is -0.130. The number of urea groups is 1. The smallest absolute Gasteiger partial charge is 0.321 e. The number of likely N-dealkylation sites (tertiary alicyclic amines) is 1. The molecular formula is C25H34N4O3. The minimum atomic E-state index is -0.142. The zero-order valence-electron chi connectivity index (χ0n) is 18.8. The minimum Gasteiger partial charge on any atom is -0.353 e. The van der Waals surface area contributed by atoms with Crippen LogP contribution in [0.2, 0.25) is 0 Å². The molecule has 4 amide bonds. The molecule has 4 bridgehead atoms. The summed E-state index contributed by atoms with van der Waals surface area (Å²) in [5, 5.41) is 9.07. The molecule has 7 nitrogen and oxygen atoms in total. The van der Waals surface area contributed by atoms with Crippen LogP contribution in [0.25, 0.3) is 0 Å². The summed E-state index contributed by atoms with van der Waals surface area (Å²) in [4.78, 5) is 38.5. The Bertz CT molecular complexity index is 848. The molecule has 32 heavy (non-hydrogen) atoms. The van der Waals surface area contributed by atoms with Crippen LogP contribution in [0, 0.1) is 29.6 Å². The lowest BCUT2D eigenvalue weighted by Gasteiger charge is -2.54. The fraction of sp³-hybridized carbons (Fsp3) is 0.640. The average Bonchev–Trinajstić information content (AvgIpc) is 2.76. The van der Waals surface area contributed by atoms with Crippen LogP contribution in [-0.2, 0) is 9.59 Å². The van der Waals surface area contributed by atoms with E-state index in [-0.39, 0.29) is 23.8 Å². The van der Waals surface area contributed by atoms with Gasteiger partial charge in [-0.15, -0.1) is 0 Å². The molecule has 0 radical (unpaired) electrons. The summed E-state index contributed by atoms with van der Waals surface area (Å²) >= 11 is 0. The second kappa shape index (κ2) is 8.75. The Hall–Kier alpha value is -2.57. The van der Waals surface area contributed by atoms with Gasteiger partial charge in [0, 0.05) is 43.3 Å². The van der Waals surface area contributed by atoms with Gasteiger partial charge < -0.3 is 20.9 Å². The first-order chi connectivity index (χ1) is 15.4. The lowest BCUT2D eigenvalue weighted by Crippen LogP contribution is -2.57. The van der Waals surface area contributed by atoms with Gasteiger partial charge in [0.1, 0.15) is 0 Å². The molecule has 0 aromatic heterocycles. The minimum absolute atomic E-state index is 0.00757. The van der Waals surface area contributed by atoms with Gasteiger partial charge in [-0.2, -0.15) is 0 Å². The Morgan fingerprint density at radius 1 is 0.812 bits per heavy atom.